The van der Waals surface area contributed by atoms with Crippen molar-refractivity contribution in [1.82, 2.24) is 0 Å². The number of esters is 1. The Morgan fingerprint density at radius 2 is 1.40 bits per heavy atom. The Morgan fingerprint density at radius 1 is 0.800 bits per heavy atom. The highest BCUT2D eigenvalue weighted by atomic mass is 35.5. The summed E-state index contributed by atoms with van der Waals surface area (Å²) in [6.45, 7) is 1.51. The smallest absolute Gasteiger partial charge is 0.338 e. The van der Waals surface area contributed by atoms with Gasteiger partial charge in [-0.3, -0.25) is 9.59 Å². The number of carbonyl (C=O) groups excluding carboxylic acids is 3. The third kappa shape index (κ3) is 5.47. The number of carbonyl (C=O) groups is 3. The summed E-state index contributed by atoms with van der Waals surface area (Å²) in [7, 11) is 0. The van der Waals surface area contributed by atoms with Crippen LogP contribution in [0.4, 0.5) is 5.69 Å². The zero-order chi connectivity index (χ0) is 21.7. The van der Waals surface area contributed by atoms with Crippen molar-refractivity contribution in [3.05, 3.63) is 99.0 Å². The van der Waals surface area contributed by atoms with E-state index in [0.29, 0.717) is 21.8 Å². The van der Waals surface area contributed by atoms with Gasteiger partial charge in [-0.25, -0.2) is 4.79 Å². The van der Waals surface area contributed by atoms with Gasteiger partial charge in [-0.05, 0) is 61.5 Å². The van der Waals surface area contributed by atoms with Crippen LogP contribution in [-0.4, -0.2) is 24.3 Å². The molecule has 5 nitrogen and oxygen atoms in total. The Hall–Kier alpha value is -3.15. The Labute approximate surface area is 183 Å². The fourth-order valence-electron chi connectivity index (χ4n) is 2.57. The van der Waals surface area contributed by atoms with Gasteiger partial charge in [0.2, 0.25) is 0 Å². The van der Waals surface area contributed by atoms with Crippen LogP contribution < -0.4 is 5.32 Å². The van der Waals surface area contributed by atoms with E-state index in [1.54, 1.807) is 24.3 Å². The molecule has 0 saturated heterocycles. The lowest BCUT2D eigenvalue weighted by atomic mass is 10.1. The third-order valence-electron chi connectivity index (χ3n) is 4.27. The summed E-state index contributed by atoms with van der Waals surface area (Å²) in [5.41, 5.74) is 2.68. The van der Waals surface area contributed by atoms with Gasteiger partial charge in [-0.1, -0.05) is 40.9 Å². The van der Waals surface area contributed by atoms with E-state index >= 15 is 0 Å². The number of nitrogens with one attached hydrogen (secondary N) is 1. The molecule has 0 atom stereocenters. The topological polar surface area (TPSA) is 72.5 Å². The molecule has 7 heteroatoms. The maximum atomic E-state index is 12.2. The van der Waals surface area contributed by atoms with Gasteiger partial charge in [-0.2, -0.15) is 0 Å². The van der Waals surface area contributed by atoms with Crippen LogP contribution in [0.25, 0.3) is 0 Å². The fraction of sp³-hybridized carbons (Fsp3) is 0.0870. The minimum absolute atomic E-state index is 0.247. The number of hydrogen-bond acceptors (Lipinski definition) is 4. The van der Waals surface area contributed by atoms with E-state index in [9.17, 15) is 14.4 Å². The van der Waals surface area contributed by atoms with Crippen LogP contribution in [0, 0.1) is 6.92 Å². The highest BCUT2D eigenvalue weighted by Crippen LogP contribution is 2.23. The predicted octanol–water partition coefficient (Wildman–Crippen LogP) is 5.59. The molecule has 1 amide bonds. The van der Waals surface area contributed by atoms with Crippen LogP contribution in [0.3, 0.4) is 0 Å². The number of anilines is 1. The number of hydrogen-bond donors (Lipinski definition) is 1. The molecule has 0 aromatic heterocycles. The zero-order valence-corrected chi connectivity index (χ0v) is 17.5. The monoisotopic (exact) mass is 441 g/mol. The standard InChI is InChI=1S/C23H17Cl2NO4/c1-14-2-4-15(5-3-14)22(28)26-18-9-6-16(7-10-18)23(29)30-13-21(27)17-8-11-19(24)20(25)12-17/h2-12H,13H2,1H3,(H,26,28). The summed E-state index contributed by atoms with van der Waals surface area (Å²) in [4.78, 5) is 36.6. The first-order valence-electron chi connectivity index (χ1n) is 8.97. The number of Topliss-reactive ketones (excluding diaryl/α,β-unsaturated/α-hetero) is 1. The van der Waals surface area contributed by atoms with Crippen LogP contribution in [0.1, 0.15) is 36.6 Å². The molecule has 0 heterocycles. The van der Waals surface area contributed by atoms with Crippen LogP contribution in [-0.2, 0) is 4.74 Å². The van der Waals surface area contributed by atoms with E-state index < -0.39 is 18.4 Å². The van der Waals surface area contributed by atoms with Gasteiger partial charge in [0.25, 0.3) is 5.91 Å². The predicted molar refractivity (Wildman–Crippen MR) is 117 cm³/mol. The highest BCUT2D eigenvalue weighted by molar-refractivity contribution is 6.42. The second kappa shape index (κ2) is 9.57. The zero-order valence-electron chi connectivity index (χ0n) is 15.9. The molecular formula is C23H17Cl2NO4. The van der Waals surface area contributed by atoms with Crippen LogP contribution in [0.15, 0.2) is 66.7 Å². The Kier molecular flexibility index (Phi) is 6.87. The molecule has 152 valence electrons. The molecule has 0 bridgehead atoms. The van der Waals surface area contributed by atoms with Crippen molar-refractivity contribution in [2.75, 3.05) is 11.9 Å². The number of ether oxygens (including phenoxy) is 1. The molecule has 0 spiro atoms. The number of benzene rings is 3. The molecule has 0 fully saturated rings. The summed E-state index contributed by atoms with van der Waals surface area (Å²) >= 11 is 11.7. The SMILES string of the molecule is Cc1ccc(C(=O)Nc2ccc(C(=O)OCC(=O)c3ccc(Cl)c(Cl)c3)cc2)cc1. The Bertz CT molecular complexity index is 1090. The summed E-state index contributed by atoms with van der Waals surface area (Å²) in [5, 5.41) is 3.34. The molecular weight excluding hydrogens is 425 g/mol. The summed E-state index contributed by atoms with van der Waals surface area (Å²) in [6.07, 6.45) is 0. The van der Waals surface area contributed by atoms with Crippen molar-refractivity contribution in [3.63, 3.8) is 0 Å². The Balaban J connectivity index is 1.56. The molecule has 3 aromatic rings. The first kappa shape index (κ1) is 21.6. The first-order valence-corrected chi connectivity index (χ1v) is 9.72. The lowest BCUT2D eigenvalue weighted by molar-refractivity contribution is 0.0475. The second-order valence-corrected chi connectivity index (χ2v) is 7.34. The minimum Gasteiger partial charge on any atom is -0.454 e. The Morgan fingerprint density at radius 3 is 2.03 bits per heavy atom. The molecule has 0 aliphatic carbocycles. The lowest BCUT2D eigenvalue weighted by Gasteiger charge is -2.08. The first-order chi connectivity index (χ1) is 14.3. The molecule has 0 saturated carbocycles. The lowest BCUT2D eigenvalue weighted by Crippen LogP contribution is -2.15. The highest BCUT2D eigenvalue weighted by Gasteiger charge is 2.13. The van der Waals surface area contributed by atoms with Gasteiger partial charge < -0.3 is 10.1 Å². The molecule has 0 unspecified atom stereocenters. The summed E-state index contributed by atoms with van der Waals surface area (Å²) in [6, 6.07) is 17.8. The van der Waals surface area contributed by atoms with Crippen LogP contribution in [0.2, 0.25) is 10.0 Å². The van der Waals surface area contributed by atoms with Crippen molar-refractivity contribution in [3.8, 4) is 0 Å². The van der Waals surface area contributed by atoms with E-state index in [-0.39, 0.29) is 16.5 Å². The molecule has 0 radical (unpaired) electrons. The van der Waals surface area contributed by atoms with Gasteiger partial charge in [0.1, 0.15) is 0 Å². The van der Waals surface area contributed by atoms with Crippen molar-refractivity contribution in [1.29, 1.82) is 0 Å². The molecule has 0 aliphatic heterocycles. The number of amides is 1. The number of rotatable bonds is 6. The summed E-state index contributed by atoms with van der Waals surface area (Å²) in [5.74, 6) is -1.30. The normalized spacial score (nSPS) is 10.4. The van der Waals surface area contributed by atoms with Crippen molar-refractivity contribution in [2.24, 2.45) is 0 Å². The fourth-order valence-corrected chi connectivity index (χ4v) is 2.86. The minimum atomic E-state index is -0.653. The van der Waals surface area contributed by atoms with Gasteiger partial charge in [-0.15, -0.1) is 0 Å². The van der Waals surface area contributed by atoms with Gasteiger partial charge in [0, 0.05) is 16.8 Å². The van der Waals surface area contributed by atoms with Crippen molar-refractivity contribution in [2.45, 2.75) is 6.92 Å². The average molecular weight is 442 g/mol. The van der Waals surface area contributed by atoms with Gasteiger partial charge in [0.15, 0.2) is 12.4 Å². The third-order valence-corrected chi connectivity index (χ3v) is 5.01. The molecule has 30 heavy (non-hydrogen) atoms. The number of aryl methyl sites for hydroxylation is 1. The maximum absolute atomic E-state index is 12.2. The quantitative estimate of drug-likeness (QED) is 0.399. The number of ketones is 1. The van der Waals surface area contributed by atoms with E-state index in [1.165, 1.54) is 30.3 Å². The van der Waals surface area contributed by atoms with Crippen LogP contribution >= 0.6 is 23.2 Å². The van der Waals surface area contributed by atoms with Gasteiger partial charge >= 0.3 is 5.97 Å². The van der Waals surface area contributed by atoms with Crippen molar-refractivity contribution >= 4 is 46.5 Å². The van der Waals surface area contributed by atoms with Crippen LogP contribution in [0.5, 0.6) is 0 Å². The van der Waals surface area contributed by atoms with Crippen molar-refractivity contribution < 1.29 is 19.1 Å². The van der Waals surface area contributed by atoms with E-state index in [0.717, 1.165) is 5.56 Å². The van der Waals surface area contributed by atoms with E-state index in [1.807, 2.05) is 19.1 Å². The molecule has 1 N–H and O–H groups in total. The summed E-state index contributed by atoms with van der Waals surface area (Å²) < 4.78 is 5.06. The van der Waals surface area contributed by atoms with E-state index in [4.69, 9.17) is 27.9 Å². The van der Waals surface area contributed by atoms with E-state index in [2.05, 4.69) is 5.32 Å². The second-order valence-electron chi connectivity index (χ2n) is 6.53. The largest absolute Gasteiger partial charge is 0.454 e. The molecule has 3 aromatic carbocycles. The van der Waals surface area contributed by atoms with Gasteiger partial charge in [0.05, 0.1) is 15.6 Å². The average Bonchev–Trinajstić information content (AvgIpc) is 2.74. The number of halogens is 2. The molecule has 0 aliphatic rings. The maximum Gasteiger partial charge on any atom is 0.338 e. The molecule has 3 rings (SSSR count).